The molecule has 0 radical (unpaired) electrons. The SMILES string of the molecule is COc1cc([C@H]2c3c(oc4ccccc4c3=O)C(=O)N2Cc2ccco2)ccc1OCCC(C)C. The minimum atomic E-state index is -0.665. The number of para-hydroxylation sites is 1. The molecule has 0 saturated heterocycles. The molecule has 1 atom stereocenters. The lowest BCUT2D eigenvalue weighted by Crippen LogP contribution is -2.29. The highest BCUT2D eigenvalue weighted by molar-refractivity contribution is 5.99. The predicted molar refractivity (Wildman–Crippen MR) is 131 cm³/mol. The summed E-state index contributed by atoms with van der Waals surface area (Å²) in [6, 6.07) is 15.4. The van der Waals surface area contributed by atoms with Crippen LogP contribution in [0.1, 0.15) is 53.8 Å². The molecule has 7 heteroatoms. The lowest BCUT2D eigenvalue weighted by Gasteiger charge is -2.25. The van der Waals surface area contributed by atoms with Gasteiger partial charge in [-0.25, -0.2) is 0 Å². The van der Waals surface area contributed by atoms with Gasteiger partial charge in [0.25, 0.3) is 5.91 Å². The lowest BCUT2D eigenvalue weighted by atomic mass is 9.98. The van der Waals surface area contributed by atoms with Crippen LogP contribution in [0.2, 0.25) is 0 Å². The average molecular weight is 474 g/mol. The van der Waals surface area contributed by atoms with Gasteiger partial charge in [0.15, 0.2) is 16.9 Å². The monoisotopic (exact) mass is 473 g/mol. The maximum Gasteiger partial charge on any atom is 0.291 e. The van der Waals surface area contributed by atoms with E-state index in [2.05, 4.69) is 13.8 Å². The van der Waals surface area contributed by atoms with Gasteiger partial charge in [-0.15, -0.1) is 0 Å². The first kappa shape index (κ1) is 22.8. The number of nitrogens with zero attached hydrogens (tertiary/aromatic N) is 1. The molecule has 0 spiro atoms. The molecule has 2 aromatic carbocycles. The van der Waals surface area contributed by atoms with Crippen molar-refractivity contribution in [2.24, 2.45) is 5.92 Å². The van der Waals surface area contributed by atoms with E-state index in [0.717, 1.165) is 12.0 Å². The van der Waals surface area contributed by atoms with Gasteiger partial charge in [0.05, 0.1) is 43.5 Å². The van der Waals surface area contributed by atoms with Crippen LogP contribution in [0.15, 0.2) is 74.5 Å². The highest BCUT2D eigenvalue weighted by Crippen LogP contribution is 2.41. The molecule has 1 aliphatic rings. The van der Waals surface area contributed by atoms with Crippen molar-refractivity contribution >= 4 is 16.9 Å². The third-order valence-corrected chi connectivity index (χ3v) is 6.24. The molecule has 4 aromatic rings. The van der Waals surface area contributed by atoms with E-state index in [-0.39, 0.29) is 23.6 Å². The summed E-state index contributed by atoms with van der Waals surface area (Å²) in [4.78, 5) is 28.7. The Morgan fingerprint density at radius 1 is 1.03 bits per heavy atom. The summed E-state index contributed by atoms with van der Waals surface area (Å²) in [5, 5.41) is 0.435. The van der Waals surface area contributed by atoms with Gasteiger partial charge in [-0.05, 0) is 54.3 Å². The van der Waals surface area contributed by atoms with Gasteiger partial charge in [0.2, 0.25) is 5.76 Å². The second kappa shape index (κ2) is 9.33. The van der Waals surface area contributed by atoms with Crippen molar-refractivity contribution in [1.82, 2.24) is 4.90 Å². The molecule has 1 aliphatic heterocycles. The molecule has 0 fully saturated rings. The Morgan fingerprint density at radius 3 is 2.60 bits per heavy atom. The molecule has 0 aliphatic carbocycles. The molecule has 180 valence electrons. The van der Waals surface area contributed by atoms with Crippen molar-refractivity contribution in [2.45, 2.75) is 32.9 Å². The van der Waals surface area contributed by atoms with Crippen molar-refractivity contribution in [1.29, 1.82) is 0 Å². The van der Waals surface area contributed by atoms with Gasteiger partial charge < -0.3 is 23.2 Å². The van der Waals surface area contributed by atoms with Gasteiger partial charge in [-0.3, -0.25) is 9.59 Å². The van der Waals surface area contributed by atoms with Gasteiger partial charge >= 0.3 is 0 Å². The number of hydrogen-bond acceptors (Lipinski definition) is 6. The van der Waals surface area contributed by atoms with Gasteiger partial charge in [0, 0.05) is 0 Å². The van der Waals surface area contributed by atoms with Crippen molar-refractivity contribution in [2.75, 3.05) is 13.7 Å². The maximum atomic E-state index is 13.6. The number of carbonyl (C=O) groups is 1. The number of ether oxygens (including phenoxy) is 2. The van der Waals surface area contributed by atoms with Crippen molar-refractivity contribution < 1.29 is 23.1 Å². The minimum absolute atomic E-state index is 0.0569. The second-order valence-electron chi connectivity index (χ2n) is 9.03. The summed E-state index contributed by atoms with van der Waals surface area (Å²) >= 11 is 0. The molecule has 3 heterocycles. The Balaban J connectivity index is 1.62. The van der Waals surface area contributed by atoms with E-state index in [9.17, 15) is 9.59 Å². The largest absolute Gasteiger partial charge is 0.493 e. The predicted octanol–water partition coefficient (Wildman–Crippen LogP) is 5.56. The van der Waals surface area contributed by atoms with Crippen LogP contribution < -0.4 is 14.9 Å². The molecule has 0 unspecified atom stereocenters. The third-order valence-electron chi connectivity index (χ3n) is 6.24. The average Bonchev–Trinajstić information content (AvgIpc) is 3.46. The highest BCUT2D eigenvalue weighted by Gasteiger charge is 2.43. The van der Waals surface area contributed by atoms with Gasteiger partial charge in [0.1, 0.15) is 11.3 Å². The first-order chi connectivity index (χ1) is 17.0. The Kier molecular flexibility index (Phi) is 6.07. The van der Waals surface area contributed by atoms with Crippen molar-refractivity contribution in [3.8, 4) is 11.5 Å². The maximum absolute atomic E-state index is 13.6. The van der Waals surface area contributed by atoms with Crippen molar-refractivity contribution in [3.05, 3.63) is 93.7 Å². The molecule has 7 nitrogen and oxygen atoms in total. The Hall–Kier alpha value is -4.00. The zero-order valence-corrected chi connectivity index (χ0v) is 19.9. The van der Waals surface area contributed by atoms with E-state index in [1.165, 1.54) is 0 Å². The first-order valence-corrected chi connectivity index (χ1v) is 11.7. The van der Waals surface area contributed by atoms with Crippen LogP contribution in [0.5, 0.6) is 11.5 Å². The van der Waals surface area contributed by atoms with E-state index in [1.54, 1.807) is 54.7 Å². The first-order valence-electron chi connectivity index (χ1n) is 11.7. The quantitative estimate of drug-likeness (QED) is 0.333. The number of furan rings is 1. The van der Waals surface area contributed by atoms with Crippen LogP contribution in [-0.2, 0) is 6.54 Å². The number of rotatable bonds is 8. The molecule has 2 aromatic heterocycles. The van der Waals surface area contributed by atoms with E-state index >= 15 is 0 Å². The number of methoxy groups -OCH3 is 1. The van der Waals surface area contributed by atoms with Crippen LogP contribution in [-0.4, -0.2) is 24.5 Å². The number of benzene rings is 2. The summed E-state index contributed by atoms with van der Waals surface area (Å²) in [6.45, 7) is 5.03. The number of carbonyl (C=O) groups excluding carboxylic acids is 1. The van der Waals surface area contributed by atoms with Crippen LogP contribution in [0.4, 0.5) is 0 Å². The normalized spacial score (nSPS) is 15.1. The molecular weight excluding hydrogens is 446 g/mol. The third kappa shape index (κ3) is 4.18. The molecular formula is C28H27NO6. The molecule has 0 N–H and O–H groups in total. The fraction of sp³-hybridized carbons (Fsp3) is 0.286. The topological polar surface area (TPSA) is 82.1 Å². The summed E-state index contributed by atoms with van der Waals surface area (Å²) < 4.78 is 23.0. The Morgan fingerprint density at radius 2 is 1.86 bits per heavy atom. The molecule has 1 amide bonds. The second-order valence-corrected chi connectivity index (χ2v) is 9.03. The summed E-state index contributed by atoms with van der Waals surface area (Å²) in [6.07, 6.45) is 2.47. The molecule has 35 heavy (non-hydrogen) atoms. The zero-order chi connectivity index (χ0) is 24.5. The van der Waals surface area contributed by atoms with E-state index in [4.69, 9.17) is 18.3 Å². The summed E-state index contributed by atoms with van der Waals surface area (Å²) in [5.74, 6) is 1.97. The van der Waals surface area contributed by atoms with Crippen LogP contribution in [0.3, 0.4) is 0 Å². The van der Waals surface area contributed by atoms with E-state index in [1.807, 2.05) is 18.2 Å². The van der Waals surface area contributed by atoms with Crippen LogP contribution >= 0.6 is 0 Å². The lowest BCUT2D eigenvalue weighted by molar-refractivity contribution is 0.0701. The Bertz CT molecular complexity index is 1420. The zero-order valence-electron chi connectivity index (χ0n) is 19.9. The fourth-order valence-electron chi connectivity index (χ4n) is 4.43. The molecule has 0 saturated carbocycles. The van der Waals surface area contributed by atoms with E-state index < -0.39 is 6.04 Å². The van der Waals surface area contributed by atoms with Gasteiger partial charge in [-0.1, -0.05) is 32.0 Å². The smallest absolute Gasteiger partial charge is 0.291 e. The van der Waals surface area contributed by atoms with Gasteiger partial charge in [-0.2, -0.15) is 0 Å². The van der Waals surface area contributed by atoms with Crippen LogP contribution in [0, 0.1) is 5.92 Å². The van der Waals surface area contributed by atoms with E-state index in [0.29, 0.717) is 46.3 Å². The number of hydrogen-bond donors (Lipinski definition) is 0. The number of amides is 1. The standard InChI is InChI=1S/C28H27NO6/c1-17(2)12-14-34-22-11-10-18(15-23(22)32-3)25-24-26(30)20-8-4-5-9-21(20)35-27(24)28(31)29(25)16-19-7-6-13-33-19/h4-11,13,15,17,25H,12,14,16H2,1-3H3/t25-/m0/s1. The molecule has 0 bridgehead atoms. The minimum Gasteiger partial charge on any atom is -0.493 e. The summed E-state index contributed by atoms with van der Waals surface area (Å²) in [7, 11) is 1.57. The van der Waals surface area contributed by atoms with Crippen molar-refractivity contribution in [3.63, 3.8) is 0 Å². The summed E-state index contributed by atoms with van der Waals surface area (Å²) in [5.41, 5.74) is 1.20. The number of fused-ring (bicyclic) bond motifs is 2. The highest BCUT2D eigenvalue weighted by atomic mass is 16.5. The fourth-order valence-corrected chi connectivity index (χ4v) is 4.43. The Labute approximate surface area is 202 Å². The van der Waals surface area contributed by atoms with Crippen LogP contribution in [0.25, 0.3) is 11.0 Å². The molecule has 5 rings (SSSR count).